The van der Waals surface area contributed by atoms with E-state index in [0.717, 1.165) is 5.56 Å². The lowest BCUT2D eigenvalue weighted by Crippen LogP contribution is -2.33. The second-order valence-corrected chi connectivity index (χ2v) is 4.09. The lowest BCUT2D eigenvalue weighted by atomic mass is 10.1. The van der Waals surface area contributed by atoms with E-state index < -0.39 is 0 Å². The van der Waals surface area contributed by atoms with Gasteiger partial charge in [0.2, 0.25) is 5.91 Å². The van der Waals surface area contributed by atoms with Crippen LogP contribution in [0.2, 0.25) is 0 Å². The van der Waals surface area contributed by atoms with Crippen molar-refractivity contribution < 1.29 is 15.0 Å². The zero-order valence-electron chi connectivity index (χ0n) is 10.6. The Balaban J connectivity index is 2.53. The molecule has 0 radical (unpaired) electrons. The maximum atomic E-state index is 11.8. The maximum Gasteiger partial charge on any atom is 0.222 e. The van der Waals surface area contributed by atoms with Crippen LogP contribution < -0.4 is 5.73 Å². The summed E-state index contributed by atoms with van der Waals surface area (Å²) >= 11 is 0. The van der Waals surface area contributed by atoms with E-state index in [-0.39, 0.29) is 18.3 Å². The Morgan fingerprint density at radius 2 is 2.17 bits per heavy atom. The number of nitrogen functional groups attached to an aromatic ring is 1. The number of benzene rings is 1. The fourth-order valence-corrected chi connectivity index (χ4v) is 1.75. The van der Waals surface area contributed by atoms with Gasteiger partial charge in [-0.3, -0.25) is 4.79 Å². The molecule has 0 saturated carbocycles. The number of rotatable bonds is 6. The minimum atomic E-state index is -0.0221. The van der Waals surface area contributed by atoms with E-state index in [9.17, 15) is 9.90 Å². The number of carbonyl (C=O) groups is 1. The summed E-state index contributed by atoms with van der Waals surface area (Å²) in [6.45, 7) is 2.82. The molecule has 0 atom stereocenters. The highest BCUT2D eigenvalue weighted by molar-refractivity contribution is 5.76. The molecule has 0 aromatic heterocycles. The van der Waals surface area contributed by atoms with Gasteiger partial charge in [0.05, 0.1) is 12.3 Å². The number of aliphatic hydroxyl groups is 1. The van der Waals surface area contributed by atoms with Gasteiger partial charge in [-0.05, 0) is 31.0 Å². The van der Waals surface area contributed by atoms with E-state index >= 15 is 0 Å². The molecular formula is C13H20N2O3. The third-order valence-corrected chi connectivity index (χ3v) is 2.82. The van der Waals surface area contributed by atoms with Crippen molar-refractivity contribution >= 4 is 11.6 Å². The van der Waals surface area contributed by atoms with Crippen molar-refractivity contribution in [2.45, 2.75) is 19.8 Å². The Hall–Kier alpha value is -1.75. The predicted octanol–water partition coefficient (Wildman–Crippen LogP) is 0.748. The second-order valence-electron chi connectivity index (χ2n) is 4.09. The number of likely N-dealkylation sites (N-methyl/N-ethyl adjacent to an activating group) is 1. The third-order valence-electron chi connectivity index (χ3n) is 2.82. The third kappa shape index (κ3) is 3.92. The summed E-state index contributed by atoms with van der Waals surface area (Å²) in [6, 6.07) is 4.95. The van der Waals surface area contributed by atoms with Gasteiger partial charge in [-0.2, -0.15) is 0 Å². The van der Waals surface area contributed by atoms with Crippen LogP contribution in [0.5, 0.6) is 5.75 Å². The molecule has 0 fully saturated rings. The molecule has 0 aliphatic carbocycles. The van der Waals surface area contributed by atoms with Gasteiger partial charge in [-0.15, -0.1) is 0 Å². The van der Waals surface area contributed by atoms with Gasteiger partial charge in [-0.25, -0.2) is 0 Å². The standard InChI is InChI=1S/C13H20N2O3/c1-2-15(7-8-16)13(18)6-4-10-3-5-12(17)11(14)9-10/h3,5,9,16-17H,2,4,6-8,14H2,1H3. The molecule has 0 aliphatic rings. The van der Waals surface area contributed by atoms with E-state index in [4.69, 9.17) is 10.8 Å². The van der Waals surface area contributed by atoms with Gasteiger partial charge in [0.15, 0.2) is 0 Å². The van der Waals surface area contributed by atoms with Crippen LogP contribution in [0.1, 0.15) is 18.9 Å². The lowest BCUT2D eigenvalue weighted by molar-refractivity contribution is -0.131. The Labute approximate surface area is 107 Å². The van der Waals surface area contributed by atoms with Crippen LogP contribution in [0.4, 0.5) is 5.69 Å². The quantitative estimate of drug-likeness (QED) is 0.515. The van der Waals surface area contributed by atoms with Gasteiger partial charge in [0.1, 0.15) is 5.75 Å². The van der Waals surface area contributed by atoms with Crippen LogP contribution in [-0.2, 0) is 11.2 Å². The molecular weight excluding hydrogens is 232 g/mol. The SMILES string of the molecule is CCN(CCO)C(=O)CCc1ccc(O)c(N)c1. The number of nitrogens with two attached hydrogens (primary N) is 1. The number of amides is 1. The molecule has 0 saturated heterocycles. The molecule has 0 heterocycles. The van der Waals surface area contributed by atoms with Crippen molar-refractivity contribution in [3.8, 4) is 5.75 Å². The van der Waals surface area contributed by atoms with Gasteiger partial charge in [0.25, 0.3) is 0 Å². The molecule has 0 aliphatic heterocycles. The summed E-state index contributed by atoms with van der Waals surface area (Å²) in [4.78, 5) is 13.4. The van der Waals surface area contributed by atoms with Crippen molar-refractivity contribution in [2.75, 3.05) is 25.4 Å². The molecule has 5 heteroatoms. The minimum Gasteiger partial charge on any atom is -0.506 e. The maximum absolute atomic E-state index is 11.8. The van der Waals surface area contributed by atoms with E-state index in [1.807, 2.05) is 6.92 Å². The van der Waals surface area contributed by atoms with E-state index in [2.05, 4.69) is 0 Å². The normalized spacial score (nSPS) is 10.3. The smallest absolute Gasteiger partial charge is 0.222 e. The summed E-state index contributed by atoms with van der Waals surface area (Å²) in [6.07, 6.45) is 0.948. The van der Waals surface area contributed by atoms with E-state index in [0.29, 0.717) is 31.6 Å². The Morgan fingerprint density at radius 1 is 1.44 bits per heavy atom. The summed E-state index contributed by atoms with van der Waals surface area (Å²) in [5, 5.41) is 18.1. The topological polar surface area (TPSA) is 86.8 Å². The largest absolute Gasteiger partial charge is 0.506 e. The number of phenols is 1. The van der Waals surface area contributed by atoms with Crippen molar-refractivity contribution in [2.24, 2.45) is 0 Å². The Morgan fingerprint density at radius 3 is 2.72 bits per heavy atom. The Bertz CT molecular complexity index is 407. The number of hydrogen-bond acceptors (Lipinski definition) is 4. The summed E-state index contributed by atoms with van der Waals surface area (Å²) in [5.74, 6) is 0.0683. The summed E-state index contributed by atoms with van der Waals surface area (Å²) in [5.41, 5.74) is 6.82. The molecule has 1 aromatic carbocycles. The van der Waals surface area contributed by atoms with Crippen molar-refractivity contribution in [3.05, 3.63) is 23.8 Å². The molecule has 0 spiro atoms. The van der Waals surface area contributed by atoms with Crippen molar-refractivity contribution in [3.63, 3.8) is 0 Å². The van der Waals surface area contributed by atoms with Crippen molar-refractivity contribution in [1.82, 2.24) is 4.90 Å². The van der Waals surface area contributed by atoms with Gasteiger partial charge < -0.3 is 20.8 Å². The van der Waals surface area contributed by atoms with Crippen LogP contribution in [0.15, 0.2) is 18.2 Å². The van der Waals surface area contributed by atoms with Gasteiger partial charge >= 0.3 is 0 Å². The number of anilines is 1. The highest BCUT2D eigenvalue weighted by atomic mass is 16.3. The van der Waals surface area contributed by atoms with Crippen LogP contribution >= 0.6 is 0 Å². The summed E-state index contributed by atoms with van der Waals surface area (Å²) in [7, 11) is 0. The Kier molecular flexibility index (Phi) is 5.45. The van der Waals surface area contributed by atoms with Crippen molar-refractivity contribution in [1.29, 1.82) is 0 Å². The summed E-state index contributed by atoms with van der Waals surface area (Å²) < 4.78 is 0. The molecule has 0 bridgehead atoms. The van der Waals surface area contributed by atoms with E-state index in [1.54, 1.807) is 17.0 Å². The average Bonchev–Trinajstić information content (AvgIpc) is 2.37. The highest BCUT2D eigenvalue weighted by Gasteiger charge is 2.11. The average molecular weight is 252 g/mol. The monoisotopic (exact) mass is 252 g/mol. The number of carbonyl (C=O) groups excluding carboxylic acids is 1. The van der Waals surface area contributed by atoms with Crippen LogP contribution in [0, 0.1) is 0 Å². The lowest BCUT2D eigenvalue weighted by Gasteiger charge is -2.19. The zero-order chi connectivity index (χ0) is 13.5. The first-order valence-electron chi connectivity index (χ1n) is 6.04. The van der Waals surface area contributed by atoms with Gasteiger partial charge in [0, 0.05) is 19.5 Å². The van der Waals surface area contributed by atoms with E-state index in [1.165, 1.54) is 6.07 Å². The first kappa shape index (κ1) is 14.3. The molecule has 4 N–H and O–H groups in total. The number of aromatic hydroxyl groups is 1. The second kappa shape index (κ2) is 6.86. The van der Waals surface area contributed by atoms with Crippen LogP contribution in [0.25, 0.3) is 0 Å². The first-order chi connectivity index (χ1) is 8.58. The highest BCUT2D eigenvalue weighted by Crippen LogP contribution is 2.21. The number of aliphatic hydroxyl groups excluding tert-OH is 1. The fraction of sp³-hybridized carbons (Fsp3) is 0.462. The molecule has 18 heavy (non-hydrogen) atoms. The molecule has 1 rings (SSSR count). The number of aryl methyl sites for hydroxylation is 1. The molecule has 1 amide bonds. The van der Waals surface area contributed by atoms with Crippen LogP contribution in [-0.4, -0.2) is 40.7 Å². The fourth-order valence-electron chi connectivity index (χ4n) is 1.75. The number of hydrogen-bond donors (Lipinski definition) is 3. The predicted molar refractivity (Wildman–Crippen MR) is 70.2 cm³/mol. The number of nitrogens with zero attached hydrogens (tertiary/aromatic N) is 1. The molecule has 5 nitrogen and oxygen atoms in total. The van der Waals surface area contributed by atoms with Gasteiger partial charge in [-0.1, -0.05) is 6.07 Å². The molecule has 0 unspecified atom stereocenters. The number of phenolic OH excluding ortho intramolecular Hbond substituents is 1. The zero-order valence-corrected chi connectivity index (χ0v) is 10.6. The van der Waals surface area contributed by atoms with Crippen LogP contribution in [0.3, 0.4) is 0 Å². The molecule has 100 valence electrons. The first-order valence-corrected chi connectivity index (χ1v) is 6.04. The molecule has 1 aromatic rings. The minimum absolute atomic E-state index is 0.0122.